The molecule has 2 atom stereocenters. The molecule has 1 saturated heterocycles. The summed E-state index contributed by atoms with van der Waals surface area (Å²) in [5.74, 6) is 0.858. The lowest BCUT2D eigenvalue weighted by atomic mass is 9.72. The molecule has 1 aromatic heterocycles. The lowest BCUT2D eigenvalue weighted by Gasteiger charge is -2.39. The number of hydrogen-bond acceptors (Lipinski definition) is 3. The van der Waals surface area contributed by atoms with Crippen LogP contribution in [0.15, 0.2) is 0 Å². The Morgan fingerprint density at radius 1 is 1.29 bits per heavy atom. The second kappa shape index (κ2) is 5.83. The van der Waals surface area contributed by atoms with E-state index in [1.807, 2.05) is 32.3 Å². The van der Waals surface area contributed by atoms with E-state index in [1.165, 1.54) is 0 Å². The minimum atomic E-state index is -0.449. The standard InChI is InChI=1S/C20H30N2O2/c1-7-14-12(2)22(19(24)20(3,4)5)16-10-13-8-9-21(6)11-15(13)18(23)17(14)16/h13,15H,7-11H2,1-6H3. The summed E-state index contributed by atoms with van der Waals surface area (Å²) in [5, 5.41) is 0. The van der Waals surface area contributed by atoms with E-state index in [0.717, 1.165) is 54.9 Å². The number of hydrogen-bond donors (Lipinski definition) is 0. The van der Waals surface area contributed by atoms with Gasteiger partial charge in [-0.2, -0.15) is 0 Å². The van der Waals surface area contributed by atoms with Gasteiger partial charge in [-0.1, -0.05) is 27.7 Å². The van der Waals surface area contributed by atoms with Gasteiger partial charge in [-0.25, -0.2) is 0 Å². The molecule has 3 rings (SSSR count). The van der Waals surface area contributed by atoms with Crippen LogP contribution >= 0.6 is 0 Å². The molecule has 0 bridgehead atoms. The lowest BCUT2D eigenvalue weighted by Crippen LogP contribution is -2.46. The van der Waals surface area contributed by atoms with Crippen molar-refractivity contribution >= 4 is 11.7 Å². The summed E-state index contributed by atoms with van der Waals surface area (Å²) in [5.41, 5.74) is 3.46. The Balaban J connectivity index is 2.16. The predicted octanol–water partition coefficient (Wildman–Crippen LogP) is 3.35. The smallest absolute Gasteiger partial charge is 0.236 e. The molecule has 0 amide bonds. The maximum absolute atomic E-state index is 13.3. The van der Waals surface area contributed by atoms with Crippen LogP contribution in [0.2, 0.25) is 0 Å². The molecule has 1 fully saturated rings. The molecule has 132 valence electrons. The number of ketones is 1. The SMILES string of the molecule is CCc1c2c(n(C(=O)C(C)(C)C)c1C)CC1CCN(C)CC1C2=O. The van der Waals surface area contributed by atoms with Gasteiger partial charge < -0.3 is 4.90 Å². The zero-order valence-electron chi connectivity index (χ0n) is 15.9. The van der Waals surface area contributed by atoms with E-state index in [9.17, 15) is 9.59 Å². The summed E-state index contributed by atoms with van der Waals surface area (Å²) in [6.07, 6.45) is 2.71. The van der Waals surface area contributed by atoms with Gasteiger partial charge in [0.15, 0.2) is 5.78 Å². The Labute approximate surface area is 145 Å². The number of Topliss-reactive ketones (excluding diaryl/α,β-unsaturated/α-hetero) is 1. The van der Waals surface area contributed by atoms with Crippen LogP contribution in [-0.4, -0.2) is 41.3 Å². The van der Waals surface area contributed by atoms with E-state index in [4.69, 9.17) is 0 Å². The first-order valence-electron chi connectivity index (χ1n) is 9.17. The van der Waals surface area contributed by atoms with Gasteiger partial charge in [-0.15, -0.1) is 0 Å². The average Bonchev–Trinajstić information content (AvgIpc) is 2.78. The van der Waals surface area contributed by atoms with E-state index in [0.29, 0.717) is 5.92 Å². The Morgan fingerprint density at radius 3 is 2.54 bits per heavy atom. The molecule has 4 heteroatoms. The highest BCUT2D eigenvalue weighted by Gasteiger charge is 2.43. The molecule has 0 saturated carbocycles. The fraction of sp³-hybridized carbons (Fsp3) is 0.700. The quantitative estimate of drug-likeness (QED) is 0.793. The molecule has 2 unspecified atom stereocenters. The zero-order chi connectivity index (χ0) is 17.8. The van der Waals surface area contributed by atoms with Gasteiger partial charge in [0.2, 0.25) is 5.91 Å². The second-order valence-electron chi connectivity index (χ2n) is 8.62. The molecular weight excluding hydrogens is 300 g/mol. The van der Waals surface area contributed by atoms with Crippen LogP contribution in [0.4, 0.5) is 0 Å². The van der Waals surface area contributed by atoms with E-state index in [2.05, 4.69) is 18.9 Å². The Morgan fingerprint density at radius 2 is 1.96 bits per heavy atom. The molecule has 0 N–H and O–H groups in total. The lowest BCUT2D eigenvalue weighted by molar-refractivity contribution is 0.0689. The highest BCUT2D eigenvalue weighted by Crippen LogP contribution is 2.40. The average molecular weight is 330 g/mol. The first-order valence-corrected chi connectivity index (χ1v) is 9.17. The number of rotatable bonds is 1. The molecule has 24 heavy (non-hydrogen) atoms. The molecule has 1 aromatic rings. The maximum Gasteiger partial charge on any atom is 0.236 e. The van der Waals surface area contributed by atoms with E-state index < -0.39 is 5.41 Å². The van der Waals surface area contributed by atoms with Crippen LogP contribution in [0, 0.1) is 24.2 Å². The van der Waals surface area contributed by atoms with Crippen LogP contribution < -0.4 is 0 Å². The number of piperidine rings is 1. The van der Waals surface area contributed by atoms with Crippen LogP contribution in [0.25, 0.3) is 0 Å². The molecule has 1 aliphatic carbocycles. The van der Waals surface area contributed by atoms with Crippen LogP contribution in [0.5, 0.6) is 0 Å². The number of aromatic nitrogens is 1. The van der Waals surface area contributed by atoms with Crippen molar-refractivity contribution in [2.45, 2.75) is 53.9 Å². The van der Waals surface area contributed by atoms with Crippen molar-refractivity contribution in [2.24, 2.45) is 17.3 Å². The highest BCUT2D eigenvalue weighted by molar-refractivity contribution is 6.04. The molecular formula is C20H30N2O2. The second-order valence-corrected chi connectivity index (χ2v) is 8.62. The molecule has 1 aliphatic heterocycles. The Kier molecular flexibility index (Phi) is 4.23. The van der Waals surface area contributed by atoms with Gasteiger partial charge in [-0.05, 0) is 51.3 Å². The van der Waals surface area contributed by atoms with Crippen molar-refractivity contribution in [1.82, 2.24) is 9.47 Å². The van der Waals surface area contributed by atoms with Crippen molar-refractivity contribution in [2.75, 3.05) is 20.1 Å². The normalized spacial score (nSPS) is 24.7. The summed E-state index contributed by atoms with van der Waals surface area (Å²) in [6, 6.07) is 0. The minimum Gasteiger partial charge on any atom is -0.306 e. The predicted molar refractivity (Wildman–Crippen MR) is 95.8 cm³/mol. The van der Waals surface area contributed by atoms with Gasteiger partial charge in [0.05, 0.1) is 0 Å². The van der Waals surface area contributed by atoms with Gasteiger partial charge in [-0.3, -0.25) is 14.2 Å². The van der Waals surface area contributed by atoms with Gasteiger partial charge in [0.1, 0.15) is 0 Å². The van der Waals surface area contributed by atoms with Crippen LogP contribution in [-0.2, 0) is 12.8 Å². The Bertz CT molecular complexity index is 693. The summed E-state index contributed by atoms with van der Waals surface area (Å²) in [4.78, 5) is 28.6. The van der Waals surface area contributed by atoms with Gasteiger partial charge in [0.25, 0.3) is 0 Å². The van der Waals surface area contributed by atoms with Crippen molar-refractivity contribution in [1.29, 1.82) is 0 Å². The van der Waals surface area contributed by atoms with Crippen molar-refractivity contribution in [3.63, 3.8) is 0 Å². The minimum absolute atomic E-state index is 0.0986. The molecule has 0 radical (unpaired) electrons. The monoisotopic (exact) mass is 330 g/mol. The van der Waals surface area contributed by atoms with E-state index in [1.54, 1.807) is 0 Å². The van der Waals surface area contributed by atoms with Crippen molar-refractivity contribution in [3.8, 4) is 0 Å². The molecule has 4 nitrogen and oxygen atoms in total. The maximum atomic E-state index is 13.3. The van der Waals surface area contributed by atoms with Gasteiger partial charge >= 0.3 is 0 Å². The number of carbonyl (C=O) groups excluding carboxylic acids is 2. The third-order valence-electron chi connectivity index (χ3n) is 5.83. The van der Waals surface area contributed by atoms with E-state index in [-0.39, 0.29) is 17.6 Å². The molecule has 0 spiro atoms. The molecule has 2 heterocycles. The van der Waals surface area contributed by atoms with Crippen LogP contribution in [0.1, 0.15) is 66.2 Å². The number of likely N-dealkylation sites (tertiary alicyclic amines) is 1. The Hall–Kier alpha value is -1.42. The summed E-state index contributed by atoms with van der Waals surface area (Å²) in [6.45, 7) is 11.8. The first kappa shape index (κ1) is 17.4. The summed E-state index contributed by atoms with van der Waals surface area (Å²) in [7, 11) is 2.10. The largest absolute Gasteiger partial charge is 0.306 e. The van der Waals surface area contributed by atoms with Gasteiger partial charge in [0, 0.05) is 34.8 Å². The van der Waals surface area contributed by atoms with Crippen molar-refractivity contribution < 1.29 is 9.59 Å². The third kappa shape index (κ3) is 2.55. The van der Waals surface area contributed by atoms with Crippen molar-refractivity contribution in [3.05, 3.63) is 22.5 Å². The number of nitrogens with zero attached hydrogens (tertiary/aromatic N) is 2. The molecule has 2 aliphatic rings. The first-order chi connectivity index (χ1) is 11.2. The fourth-order valence-electron chi connectivity index (χ4n) is 4.47. The zero-order valence-corrected chi connectivity index (χ0v) is 15.9. The fourth-order valence-corrected chi connectivity index (χ4v) is 4.47. The third-order valence-corrected chi connectivity index (χ3v) is 5.83. The number of carbonyl (C=O) groups is 2. The number of fused-ring (bicyclic) bond motifs is 2. The van der Waals surface area contributed by atoms with E-state index >= 15 is 0 Å². The topological polar surface area (TPSA) is 42.3 Å². The summed E-state index contributed by atoms with van der Waals surface area (Å²) < 4.78 is 1.88. The highest BCUT2D eigenvalue weighted by atomic mass is 16.2. The van der Waals surface area contributed by atoms with Crippen LogP contribution in [0.3, 0.4) is 0 Å². The summed E-state index contributed by atoms with van der Waals surface area (Å²) >= 11 is 0. The molecule has 0 aromatic carbocycles.